The highest BCUT2D eigenvalue weighted by atomic mass is 19.1. The van der Waals surface area contributed by atoms with E-state index in [2.05, 4.69) is 0 Å². The van der Waals surface area contributed by atoms with E-state index in [1.807, 2.05) is 4.90 Å². The molecular weight excluding hydrogens is 257 g/mol. The first-order chi connectivity index (χ1) is 9.61. The van der Waals surface area contributed by atoms with Gasteiger partial charge in [0.15, 0.2) is 0 Å². The topological polar surface area (TPSA) is 40.5 Å². The molecule has 1 spiro atoms. The van der Waals surface area contributed by atoms with E-state index in [1.165, 1.54) is 56.7 Å². The molecule has 1 N–H and O–H groups in total. The SMILES string of the molecule is O=C(O)c1cccc(F)c1N1CC2(CCCCCC2)C1. The summed E-state index contributed by atoms with van der Waals surface area (Å²) < 4.78 is 14.0. The number of nitrogens with zero attached hydrogens (tertiary/aromatic N) is 1. The van der Waals surface area contributed by atoms with E-state index in [0.717, 1.165) is 13.1 Å². The fourth-order valence-corrected chi connectivity index (χ4v) is 3.73. The third kappa shape index (κ3) is 2.28. The number of hydrogen-bond acceptors (Lipinski definition) is 2. The van der Waals surface area contributed by atoms with Gasteiger partial charge < -0.3 is 10.0 Å². The van der Waals surface area contributed by atoms with Gasteiger partial charge in [-0.15, -0.1) is 0 Å². The van der Waals surface area contributed by atoms with E-state index in [0.29, 0.717) is 5.41 Å². The highest BCUT2D eigenvalue weighted by Crippen LogP contribution is 2.45. The molecule has 2 aliphatic rings. The standard InChI is InChI=1S/C16H20FNO2/c17-13-7-5-6-12(15(19)20)14(13)18-10-16(11-18)8-3-1-2-4-9-16/h5-7H,1-4,8-11H2,(H,19,20). The molecule has 1 aromatic rings. The minimum Gasteiger partial charge on any atom is -0.478 e. The average Bonchev–Trinajstić information content (AvgIpc) is 2.62. The maximum Gasteiger partial charge on any atom is 0.337 e. The summed E-state index contributed by atoms with van der Waals surface area (Å²) in [4.78, 5) is 13.2. The quantitative estimate of drug-likeness (QED) is 0.896. The summed E-state index contributed by atoms with van der Waals surface area (Å²) in [5, 5.41) is 9.21. The van der Waals surface area contributed by atoms with Crippen LogP contribution in [-0.4, -0.2) is 24.2 Å². The predicted molar refractivity (Wildman–Crippen MR) is 75.7 cm³/mol. The molecule has 0 aromatic heterocycles. The zero-order chi connectivity index (χ0) is 14.2. The van der Waals surface area contributed by atoms with E-state index in [9.17, 15) is 14.3 Å². The summed E-state index contributed by atoms with van der Waals surface area (Å²) in [5.41, 5.74) is 0.650. The Bertz CT molecular complexity index is 513. The normalized spacial score (nSPS) is 21.4. The van der Waals surface area contributed by atoms with Crippen molar-refractivity contribution in [3.63, 3.8) is 0 Å². The van der Waals surface area contributed by atoms with Crippen molar-refractivity contribution < 1.29 is 14.3 Å². The first kappa shape index (κ1) is 13.4. The molecule has 0 radical (unpaired) electrons. The van der Waals surface area contributed by atoms with Crippen molar-refractivity contribution in [3.05, 3.63) is 29.6 Å². The summed E-state index contributed by atoms with van der Waals surface area (Å²) >= 11 is 0. The largest absolute Gasteiger partial charge is 0.478 e. The molecule has 2 fully saturated rings. The lowest BCUT2D eigenvalue weighted by Crippen LogP contribution is -2.56. The van der Waals surface area contributed by atoms with Gasteiger partial charge in [-0.1, -0.05) is 31.7 Å². The van der Waals surface area contributed by atoms with Crippen LogP contribution >= 0.6 is 0 Å². The van der Waals surface area contributed by atoms with Gasteiger partial charge in [0.05, 0.1) is 11.3 Å². The number of aromatic carboxylic acids is 1. The highest BCUT2D eigenvalue weighted by molar-refractivity contribution is 5.94. The van der Waals surface area contributed by atoms with Crippen molar-refractivity contribution >= 4 is 11.7 Å². The molecule has 0 bridgehead atoms. The molecular formula is C16H20FNO2. The maximum atomic E-state index is 14.0. The van der Waals surface area contributed by atoms with Gasteiger partial charge in [-0.2, -0.15) is 0 Å². The fourth-order valence-electron chi connectivity index (χ4n) is 3.73. The van der Waals surface area contributed by atoms with E-state index in [-0.39, 0.29) is 11.3 Å². The van der Waals surface area contributed by atoms with Gasteiger partial charge >= 0.3 is 5.97 Å². The number of halogens is 1. The number of hydrogen-bond donors (Lipinski definition) is 1. The van der Waals surface area contributed by atoms with Gasteiger partial charge in [0.25, 0.3) is 0 Å². The molecule has 1 aromatic carbocycles. The molecule has 1 aliphatic carbocycles. The molecule has 0 unspecified atom stereocenters. The Kier molecular flexibility index (Phi) is 3.40. The van der Waals surface area contributed by atoms with Crippen molar-refractivity contribution in [2.75, 3.05) is 18.0 Å². The lowest BCUT2D eigenvalue weighted by Gasteiger charge is -2.52. The Morgan fingerprint density at radius 1 is 1.15 bits per heavy atom. The Hall–Kier alpha value is -1.58. The van der Waals surface area contributed by atoms with Gasteiger partial charge in [0.1, 0.15) is 5.82 Å². The minimum atomic E-state index is -1.05. The monoisotopic (exact) mass is 277 g/mol. The van der Waals surface area contributed by atoms with Crippen molar-refractivity contribution in [3.8, 4) is 0 Å². The van der Waals surface area contributed by atoms with E-state index in [4.69, 9.17) is 0 Å². The van der Waals surface area contributed by atoms with E-state index < -0.39 is 11.8 Å². The molecule has 1 aliphatic heterocycles. The molecule has 1 heterocycles. The Morgan fingerprint density at radius 2 is 1.80 bits per heavy atom. The Balaban J connectivity index is 1.81. The number of carboxylic acids is 1. The average molecular weight is 277 g/mol. The summed E-state index contributed by atoms with van der Waals surface area (Å²) in [6.07, 6.45) is 7.47. The summed E-state index contributed by atoms with van der Waals surface area (Å²) in [6.45, 7) is 1.60. The molecule has 0 amide bonds. The van der Waals surface area contributed by atoms with Crippen LogP contribution in [0.5, 0.6) is 0 Å². The van der Waals surface area contributed by atoms with Crippen molar-refractivity contribution in [2.24, 2.45) is 5.41 Å². The number of anilines is 1. The maximum absolute atomic E-state index is 14.0. The van der Waals surface area contributed by atoms with Crippen molar-refractivity contribution in [1.82, 2.24) is 0 Å². The van der Waals surface area contributed by atoms with Crippen LogP contribution in [0.2, 0.25) is 0 Å². The van der Waals surface area contributed by atoms with E-state index >= 15 is 0 Å². The third-order valence-corrected chi connectivity index (χ3v) is 4.75. The van der Waals surface area contributed by atoms with Gasteiger partial charge in [0, 0.05) is 18.5 Å². The number of para-hydroxylation sites is 1. The highest BCUT2D eigenvalue weighted by Gasteiger charge is 2.44. The lowest BCUT2D eigenvalue weighted by atomic mass is 9.73. The van der Waals surface area contributed by atoms with Crippen LogP contribution in [0.4, 0.5) is 10.1 Å². The van der Waals surface area contributed by atoms with Gasteiger partial charge in [-0.05, 0) is 25.0 Å². The van der Waals surface area contributed by atoms with Crippen molar-refractivity contribution in [1.29, 1.82) is 0 Å². The second-order valence-electron chi connectivity index (χ2n) is 6.21. The smallest absolute Gasteiger partial charge is 0.337 e. The Morgan fingerprint density at radius 3 is 2.40 bits per heavy atom. The zero-order valence-corrected chi connectivity index (χ0v) is 11.6. The van der Waals surface area contributed by atoms with Gasteiger partial charge in [-0.25, -0.2) is 9.18 Å². The van der Waals surface area contributed by atoms with Crippen LogP contribution in [0.1, 0.15) is 48.9 Å². The van der Waals surface area contributed by atoms with Crippen LogP contribution in [0.3, 0.4) is 0 Å². The molecule has 1 saturated heterocycles. The van der Waals surface area contributed by atoms with Crippen LogP contribution in [-0.2, 0) is 0 Å². The number of rotatable bonds is 2. The fraction of sp³-hybridized carbons (Fsp3) is 0.562. The van der Waals surface area contributed by atoms with Gasteiger partial charge in [-0.3, -0.25) is 0 Å². The number of benzene rings is 1. The second-order valence-corrected chi connectivity index (χ2v) is 6.21. The third-order valence-electron chi connectivity index (χ3n) is 4.75. The summed E-state index contributed by atoms with van der Waals surface area (Å²) in [7, 11) is 0. The second kappa shape index (κ2) is 5.08. The Labute approximate surface area is 118 Å². The zero-order valence-electron chi connectivity index (χ0n) is 11.6. The molecule has 3 nitrogen and oxygen atoms in total. The molecule has 0 atom stereocenters. The van der Waals surface area contributed by atoms with Crippen LogP contribution < -0.4 is 4.90 Å². The van der Waals surface area contributed by atoms with E-state index in [1.54, 1.807) is 0 Å². The minimum absolute atomic E-state index is 0.0773. The van der Waals surface area contributed by atoms with Crippen LogP contribution in [0.25, 0.3) is 0 Å². The molecule has 3 rings (SSSR count). The summed E-state index contributed by atoms with van der Waals surface area (Å²) in [5.74, 6) is -1.48. The summed E-state index contributed by atoms with van der Waals surface area (Å²) in [6, 6.07) is 4.29. The molecule has 108 valence electrons. The van der Waals surface area contributed by atoms with Gasteiger partial charge in [0.2, 0.25) is 0 Å². The molecule has 4 heteroatoms. The number of carbonyl (C=O) groups is 1. The van der Waals surface area contributed by atoms with Crippen molar-refractivity contribution in [2.45, 2.75) is 38.5 Å². The predicted octanol–water partition coefficient (Wildman–Crippen LogP) is 3.68. The first-order valence-corrected chi connectivity index (χ1v) is 7.38. The number of carboxylic acid groups (broad SMARTS) is 1. The molecule has 20 heavy (non-hydrogen) atoms. The van der Waals surface area contributed by atoms with Crippen LogP contribution in [0, 0.1) is 11.2 Å². The first-order valence-electron chi connectivity index (χ1n) is 7.38. The molecule has 1 saturated carbocycles. The van der Waals surface area contributed by atoms with Crippen LogP contribution in [0.15, 0.2) is 18.2 Å². The lowest BCUT2D eigenvalue weighted by molar-refractivity contribution is 0.0695.